The third kappa shape index (κ3) is 3.95. The lowest BCUT2D eigenvalue weighted by atomic mass is 10.2. The van der Waals surface area contributed by atoms with Crippen molar-refractivity contribution in [3.63, 3.8) is 0 Å². The minimum atomic E-state index is -0.534. The molecule has 31 heavy (non-hydrogen) atoms. The minimum absolute atomic E-state index is 0.358. The Labute approximate surface area is 177 Å². The van der Waals surface area contributed by atoms with Gasteiger partial charge in [-0.3, -0.25) is 25.0 Å². The molecule has 2 aromatic heterocycles. The molecule has 4 N–H and O–H groups in total. The van der Waals surface area contributed by atoms with Crippen LogP contribution in [0.15, 0.2) is 42.5 Å². The van der Waals surface area contributed by atoms with Gasteiger partial charge in [-0.25, -0.2) is 9.97 Å². The maximum atomic E-state index is 11.4. The van der Waals surface area contributed by atoms with Gasteiger partial charge in [0.05, 0.1) is 22.1 Å². The Hall–Kier alpha value is -4.21. The quantitative estimate of drug-likeness (QED) is 0.267. The van der Waals surface area contributed by atoms with Gasteiger partial charge in [0.25, 0.3) is 0 Å². The highest BCUT2D eigenvalue weighted by molar-refractivity contribution is 5.96. The summed E-state index contributed by atoms with van der Waals surface area (Å²) >= 11 is 0. The van der Waals surface area contributed by atoms with Crippen LogP contribution in [-0.4, -0.2) is 37.8 Å². The van der Waals surface area contributed by atoms with Crippen LogP contribution in [0.5, 0.6) is 0 Å². The van der Waals surface area contributed by atoms with Crippen LogP contribution in [0.4, 0.5) is 11.9 Å². The lowest BCUT2D eigenvalue weighted by molar-refractivity contribution is -0.106. The molecule has 2 heterocycles. The maximum Gasteiger partial charge on any atom is 0.248 e. The van der Waals surface area contributed by atoms with Crippen molar-refractivity contribution in [3.8, 4) is 0 Å². The van der Waals surface area contributed by atoms with Gasteiger partial charge in [-0.1, -0.05) is 12.1 Å². The van der Waals surface area contributed by atoms with Crippen LogP contribution < -0.4 is 16.4 Å². The predicted octanol–water partition coefficient (Wildman–Crippen LogP) is 2.10. The van der Waals surface area contributed by atoms with Crippen molar-refractivity contribution in [1.29, 1.82) is 0 Å². The highest BCUT2D eigenvalue weighted by Gasteiger charge is 2.13. The summed E-state index contributed by atoms with van der Waals surface area (Å²) in [5.41, 5.74) is 8.85. The number of nitrogens with two attached hydrogens (primary N) is 1. The van der Waals surface area contributed by atoms with Crippen LogP contribution in [0.25, 0.3) is 22.1 Å². The third-order valence-corrected chi connectivity index (χ3v) is 5.08. The Kier molecular flexibility index (Phi) is 5.61. The predicted molar refractivity (Wildman–Crippen MR) is 117 cm³/mol. The molecule has 0 bridgehead atoms. The fraction of sp³-hybridized carbons (Fsp3) is 0.190. The highest BCUT2D eigenvalue weighted by Crippen LogP contribution is 2.23. The number of amides is 3. The molecule has 0 spiro atoms. The molecule has 0 saturated heterocycles. The highest BCUT2D eigenvalue weighted by atomic mass is 16.1. The van der Waals surface area contributed by atoms with E-state index in [9.17, 15) is 14.4 Å². The number of primary amides is 1. The zero-order valence-electron chi connectivity index (χ0n) is 16.6. The van der Waals surface area contributed by atoms with Crippen LogP contribution >= 0.6 is 0 Å². The average molecular weight is 419 g/mol. The number of aromatic nitrogens is 4. The van der Waals surface area contributed by atoms with Crippen molar-refractivity contribution in [2.24, 2.45) is 5.73 Å². The Morgan fingerprint density at radius 3 is 2.06 bits per heavy atom. The number of fused-ring (bicyclic) bond motifs is 2. The van der Waals surface area contributed by atoms with E-state index in [0.717, 1.165) is 29.4 Å². The van der Waals surface area contributed by atoms with E-state index in [1.807, 2.05) is 33.4 Å². The first-order chi connectivity index (χ1) is 15.1. The number of nitrogens with one attached hydrogen (secondary N) is 2. The largest absolute Gasteiger partial charge is 0.366 e. The third-order valence-electron chi connectivity index (χ3n) is 5.08. The summed E-state index contributed by atoms with van der Waals surface area (Å²) < 4.78 is 3.87. The first-order valence-electron chi connectivity index (χ1n) is 9.78. The molecule has 0 radical (unpaired) electrons. The molecular weight excluding hydrogens is 398 g/mol. The zero-order valence-corrected chi connectivity index (χ0v) is 16.6. The summed E-state index contributed by atoms with van der Waals surface area (Å²) in [4.78, 5) is 42.2. The van der Waals surface area contributed by atoms with Crippen LogP contribution in [0, 0.1) is 0 Å². The molecule has 4 aromatic rings. The zero-order chi connectivity index (χ0) is 21.8. The molecule has 10 nitrogen and oxygen atoms in total. The minimum Gasteiger partial charge on any atom is -0.366 e. The lowest BCUT2D eigenvalue weighted by Crippen LogP contribution is -2.10. The standard InChI is InChI=1S/C21H21N7O3/c22-19(31)14-7-8-18-16(11-14)26-21(24-13-30)28(18)10-4-3-9-27-17-6-2-1-5-15(17)25-20(27)23-12-29/h1-2,5-8,11-13H,3-4,9-10H2,(H2,22,31)(H,23,25,29)(H,24,26,30). The van der Waals surface area contributed by atoms with E-state index in [4.69, 9.17) is 5.73 Å². The number of para-hydroxylation sites is 2. The van der Waals surface area contributed by atoms with E-state index >= 15 is 0 Å². The smallest absolute Gasteiger partial charge is 0.248 e. The van der Waals surface area contributed by atoms with Crippen molar-refractivity contribution in [2.45, 2.75) is 25.9 Å². The summed E-state index contributed by atoms with van der Waals surface area (Å²) in [5, 5.41) is 5.26. The Morgan fingerprint density at radius 1 is 0.871 bits per heavy atom. The van der Waals surface area contributed by atoms with Gasteiger partial charge in [0.2, 0.25) is 30.6 Å². The molecule has 0 aliphatic heterocycles. The number of unbranched alkanes of at least 4 members (excludes halogenated alkanes) is 1. The average Bonchev–Trinajstić information content (AvgIpc) is 3.29. The van der Waals surface area contributed by atoms with Gasteiger partial charge in [0.15, 0.2) is 0 Å². The number of aryl methyl sites for hydroxylation is 2. The van der Waals surface area contributed by atoms with Crippen LogP contribution in [0.2, 0.25) is 0 Å². The molecule has 0 aliphatic carbocycles. The van der Waals surface area contributed by atoms with Crippen LogP contribution in [0.1, 0.15) is 23.2 Å². The fourth-order valence-electron chi connectivity index (χ4n) is 3.68. The van der Waals surface area contributed by atoms with Gasteiger partial charge in [0, 0.05) is 18.7 Å². The molecule has 0 fully saturated rings. The number of carbonyl (C=O) groups is 3. The van der Waals surface area contributed by atoms with Gasteiger partial charge < -0.3 is 14.9 Å². The van der Waals surface area contributed by atoms with E-state index in [-0.39, 0.29) is 0 Å². The van der Waals surface area contributed by atoms with E-state index in [2.05, 4.69) is 20.6 Å². The molecule has 2 aromatic carbocycles. The normalized spacial score (nSPS) is 11.0. The maximum absolute atomic E-state index is 11.4. The van der Waals surface area contributed by atoms with Crippen molar-refractivity contribution in [2.75, 3.05) is 10.6 Å². The number of imidazole rings is 2. The Morgan fingerprint density at radius 2 is 1.45 bits per heavy atom. The topological polar surface area (TPSA) is 137 Å². The van der Waals surface area contributed by atoms with Crippen molar-refractivity contribution in [1.82, 2.24) is 19.1 Å². The number of hydrogen-bond acceptors (Lipinski definition) is 5. The lowest BCUT2D eigenvalue weighted by Gasteiger charge is -2.10. The number of anilines is 2. The second-order valence-electron chi connectivity index (χ2n) is 6.96. The molecule has 0 aliphatic rings. The van der Waals surface area contributed by atoms with Crippen molar-refractivity contribution in [3.05, 3.63) is 48.0 Å². The fourth-order valence-corrected chi connectivity index (χ4v) is 3.68. The summed E-state index contributed by atoms with van der Waals surface area (Å²) in [6, 6.07) is 12.7. The van der Waals surface area contributed by atoms with E-state index in [1.54, 1.807) is 18.2 Å². The Balaban J connectivity index is 1.52. The molecule has 3 amide bonds. The van der Waals surface area contributed by atoms with E-state index < -0.39 is 5.91 Å². The first kappa shape index (κ1) is 20.1. The molecule has 0 unspecified atom stereocenters. The Bertz CT molecular complexity index is 1270. The number of benzene rings is 2. The van der Waals surface area contributed by atoms with Gasteiger partial charge >= 0.3 is 0 Å². The summed E-state index contributed by atoms with van der Waals surface area (Å²) in [6.45, 7) is 1.26. The molecule has 158 valence electrons. The SMILES string of the molecule is NC(=O)c1ccc2c(c1)nc(NC=O)n2CCCCn1c(NC=O)nc2ccccc21. The second kappa shape index (κ2) is 8.66. The molecule has 0 atom stereocenters. The van der Waals surface area contributed by atoms with Gasteiger partial charge in [-0.05, 0) is 43.2 Å². The van der Waals surface area contributed by atoms with E-state index in [0.29, 0.717) is 48.9 Å². The number of hydrogen-bond donors (Lipinski definition) is 3. The van der Waals surface area contributed by atoms with Crippen LogP contribution in [0.3, 0.4) is 0 Å². The molecule has 4 rings (SSSR count). The number of nitrogens with zero attached hydrogens (tertiary/aromatic N) is 4. The van der Waals surface area contributed by atoms with Gasteiger partial charge in [0.1, 0.15) is 0 Å². The molecule has 10 heteroatoms. The summed E-state index contributed by atoms with van der Waals surface area (Å²) in [6.07, 6.45) is 2.77. The number of rotatable bonds is 10. The summed E-state index contributed by atoms with van der Waals surface area (Å²) in [7, 11) is 0. The van der Waals surface area contributed by atoms with Crippen LogP contribution in [-0.2, 0) is 22.7 Å². The van der Waals surface area contributed by atoms with Crippen molar-refractivity contribution < 1.29 is 14.4 Å². The monoisotopic (exact) mass is 419 g/mol. The van der Waals surface area contributed by atoms with Gasteiger partial charge in [-0.2, -0.15) is 0 Å². The summed E-state index contributed by atoms with van der Waals surface area (Å²) in [5.74, 6) is 0.378. The molecule has 0 saturated carbocycles. The number of carbonyl (C=O) groups excluding carboxylic acids is 3. The molecular formula is C21H21N7O3. The van der Waals surface area contributed by atoms with Gasteiger partial charge in [-0.15, -0.1) is 0 Å². The van der Waals surface area contributed by atoms with E-state index in [1.165, 1.54) is 0 Å². The first-order valence-corrected chi connectivity index (χ1v) is 9.78. The van der Waals surface area contributed by atoms with Crippen molar-refractivity contribution >= 4 is 52.7 Å². The second-order valence-corrected chi connectivity index (χ2v) is 6.96.